The smallest absolute Gasteiger partial charge is 0.224 e. The molecule has 190 valence electrons. The number of carbonyl (C=O) groups excluding carboxylic acids is 1. The highest BCUT2D eigenvalue weighted by Gasteiger charge is 2.21. The lowest BCUT2D eigenvalue weighted by atomic mass is 10.0. The predicted octanol–water partition coefficient (Wildman–Crippen LogP) is 6.28. The van der Waals surface area contributed by atoms with Gasteiger partial charge in [0.1, 0.15) is 11.2 Å². The monoisotopic (exact) mass is 525 g/mol. The Kier molecular flexibility index (Phi) is 6.16. The first-order chi connectivity index (χ1) is 18.4. The number of carbonyl (C=O) groups is 1. The van der Waals surface area contributed by atoms with E-state index in [4.69, 9.17) is 4.98 Å². The van der Waals surface area contributed by atoms with Crippen molar-refractivity contribution in [1.82, 2.24) is 25.1 Å². The van der Waals surface area contributed by atoms with Crippen molar-refractivity contribution in [3.63, 3.8) is 0 Å². The fourth-order valence-electron chi connectivity index (χ4n) is 4.50. The largest absolute Gasteiger partial charge is 0.354 e. The molecular weight excluding hydrogens is 501 g/mol. The lowest BCUT2D eigenvalue weighted by Gasteiger charge is -2.20. The normalized spacial score (nSPS) is 12.8. The Hall–Kier alpha value is -4.44. The van der Waals surface area contributed by atoms with Crippen LogP contribution < -0.4 is 10.6 Å². The molecule has 6 heterocycles. The fourth-order valence-corrected chi connectivity index (χ4v) is 5.26. The summed E-state index contributed by atoms with van der Waals surface area (Å²) in [5.74, 6) is 0.226. The number of pyridine rings is 3. The highest BCUT2D eigenvalue weighted by atomic mass is 32.1. The average Bonchev–Trinajstić information content (AvgIpc) is 3.53. The van der Waals surface area contributed by atoms with Crippen molar-refractivity contribution in [2.45, 2.75) is 26.7 Å². The van der Waals surface area contributed by atoms with Crippen LogP contribution in [0.1, 0.15) is 31.5 Å². The number of nitrogens with one attached hydrogen (secondary N) is 3. The van der Waals surface area contributed by atoms with Gasteiger partial charge in [0.15, 0.2) is 5.13 Å². The van der Waals surface area contributed by atoms with E-state index in [0.29, 0.717) is 29.7 Å². The number of hydrogen-bond donors (Lipinski definition) is 3. The summed E-state index contributed by atoms with van der Waals surface area (Å²) in [5.41, 5.74) is 7.87. The molecule has 1 aliphatic heterocycles. The number of allylic oxidation sites excluding steroid dienone is 1. The number of aromatic amines is 1. The third-order valence-electron chi connectivity index (χ3n) is 6.22. The number of H-pyrrole nitrogens is 1. The molecule has 5 aromatic heterocycles. The second-order valence-corrected chi connectivity index (χ2v) is 10.5. The predicted molar refractivity (Wildman–Crippen MR) is 148 cm³/mol. The number of amides is 1. The maximum absolute atomic E-state index is 13.6. The summed E-state index contributed by atoms with van der Waals surface area (Å²) >= 11 is 1.09. The van der Waals surface area contributed by atoms with Gasteiger partial charge in [-0.05, 0) is 48.7 Å². The van der Waals surface area contributed by atoms with Gasteiger partial charge in [0, 0.05) is 35.6 Å². The van der Waals surface area contributed by atoms with Crippen LogP contribution >= 0.6 is 11.3 Å². The van der Waals surface area contributed by atoms with E-state index in [1.807, 2.05) is 44.2 Å². The summed E-state index contributed by atoms with van der Waals surface area (Å²) < 4.78 is 13.6. The molecule has 0 radical (unpaired) electrons. The maximum Gasteiger partial charge on any atom is 0.224 e. The van der Waals surface area contributed by atoms with Crippen LogP contribution in [0.5, 0.6) is 0 Å². The number of aromatic nitrogens is 5. The van der Waals surface area contributed by atoms with Gasteiger partial charge in [0.25, 0.3) is 0 Å². The Morgan fingerprint density at radius 3 is 2.87 bits per heavy atom. The van der Waals surface area contributed by atoms with E-state index in [2.05, 4.69) is 30.8 Å². The zero-order valence-corrected chi connectivity index (χ0v) is 21.6. The lowest BCUT2D eigenvalue weighted by molar-refractivity contribution is -0.116. The minimum absolute atomic E-state index is 0.0438. The van der Waals surface area contributed by atoms with Crippen molar-refractivity contribution in [2.75, 3.05) is 10.6 Å². The van der Waals surface area contributed by atoms with Crippen molar-refractivity contribution < 1.29 is 9.18 Å². The molecule has 0 saturated carbocycles. The third kappa shape index (κ3) is 4.66. The van der Waals surface area contributed by atoms with E-state index in [-0.39, 0.29) is 17.0 Å². The highest BCUT2D eigenvalue weighted by molar-refractivity contribution is 7.13. The number of fused-ring (bicyclic) bond motifs is 2. The minimum Gasteiger partial charge on any atom is -0.354 e. The van der Waals surface area contributed by atoms with E-state index < -0.39 is 0 Å². The molecular formula is C28H24FN7OS. The third-order valence-corrected chi connectivity index (χ3v) is 7.10. The standard InChI is InChI=1S/C28H24FN7OS/c1-15(2)11-25(37)32-17-12-16(13-30-14-17)19-5-6-22-27(34-19)28(36-35-22)21-4-3-18-20(33-21)9-10-31-26(18)23-7-8-24(29)38-23/h4-10,12-15,33H,3,11H2,1-2H3,(H,32,37)(H,35,36). The van der Waals surface area contributed by atoms with Crippen LogP contribution in [-0.2, 0) is 11.2 Å². The van der Waals surface area contributed by atoms with Crippen LogP contribution in [-0.4, -0.2) is 31.1 Å². The molecule has 1 amide bonds. The molecule has 0 aromatic carbocycles. The molecule has 0 spiro atoms. The summed E-state index contributed by atoms with van der Waals surface area (Å²) in [6, 6.07) is 10.8. The number of thiophene rings is 1. The van der Waals surface area contributed by atoms with E-state index in [9.17, 15) is 9.18 Å². The average molecular weight is 526 g/mol. The van der Waals surface area contributed by atoms with Crippen molar-refractivity contribution in [1.29, 1.82) is 0 Å². The van der Waals surface area contributed by atoms with Crippen molar-refractivity contribution >= 4 is 45.3 Å². The molecule has 1 aliphatic rings. The number of anilines is 2. The Labute approximate surface area is 222 Å². The summed E-state index contributed by atoms with van der Waals surface area (Å²) in [5, 5.41) is 13.8. The molecule has 6 rings (SSSR count). The number of nitrogens with zero attached hydrogens (tertiary/aromatic N) is 4. The SMILES string of the molecule is CC(C)CC(=O)Nc1cncc(-c2ccc3[nH]nc(C4=CCc5c(ccnc5-c5ccc(F)s5)N4)c3n2)c1. The minimum atomic E-state index is -0.233. The van der Waals surface area contributed by atoms with Crippen molar-refractivity contribution in [3.05, 3.63) is 77.5 Å². The molecule has 0 fully saturated rings. The first-order valence-corrected chi connectivity index (χ1v) is 13.1. The van der Waals surface area contributed by atoms with Crippen LogP contribution in [0.25, 0.3) is 38.6 Å². The first-order valence-electron chi connectivity index (χ1n) is 12.3. The van der Waals surface area contributed by atoms with E-state index in [1.165, 1.54) is 6.07 Å². The van der Waals surface area contributed by atoms with Gasteiger partial charge >= 0.3 is 0 Å². The van der Waals surface area contributed by atoms with Crippen molar-refractivity contribution in [2.24, 2.45) is 5.92 Å². The van der Waals surface area contributed by atoms with Gasteiger partial charge < -0.3 is 10.6 Å². The summed E-state index contributed by atoms with van der Waals surface area (Å²) in [6.07, 6.45) is 8.19. The first kappa shape index (κ1) is 23.9. The maximum atomic E-state index is 13.6. The van der Waals surface area contributed by atoms with Crippen LogP contribution in [0, 0.1) is 11.0 Å². The van der Waals surface area contributed by atoms with E-state index in [1.54, 1.807) is 24.7 Å². The molecule has 8 nitrogen and oxygen atoms in total. The Morgan fingerprint density at radius 1 is 1.16 bits per heavy atom. The van der Waals surface area contributed by atoms with E-state index >= 15 is 0 Å². The summed E-state index contributed by atoms with van der Waals surface area (Å²) in [4.78, 5) is 26.7. The number of halogens is 1. The molecule has 0 aliphatic carbocycles. The van der Waals surface area contributed by atoms with Gasteiger partial charge in [-0.2, -0.15) is 9.49 Å². The molecule has 38 heavy (non-hydrogen) atoms. The van der Waals surface area contributed by atoms with Gasteiger partial charge in [-0.1, -0.05) is 19.9 Å². The second-order valence-electron chi connectivity index (χ2n) is 9.51. The molecule has 3 N–H and O–H groups in total. The van der Waals surface area contributed by atoms with Crippen LogP contribution in [0.15, 0.2) is 61.1 Å². The highest BCUT2D eigenvalue weighted by Crippen LogP contribution is 2.37. The number of hydrogen-bond acceptors (Lipinski definition) is 7. The zero-order chi connectivity index (χ0) is 26.2. The van der Waals surface area contributed by atoms with Gasteiger partial charge in [-0.25, -0.2) is 4.98 Å². The summed E-state index contributed by atoms with van der Waals surface area (Å²) in [6.45, 7) is 4.01. The Balaban J connectivity index is 1.30. The quantitative estimate of drug-likeness (QED) is 0.241. The van der Waals surface area contributed by atoms with Crippen LogP contribution in [0.2, 0.25) is 0 Å². The second kappa shape index (κ2) is 9.79. The molecule has 0 saturated heterocycles. The van der Waals surface area contributed by atoms with Gasteiger partial charge in [0.05, 0.1) is 39.4 Å². The molecule has 0 bridgehead atoms. The van der Waals surface area contributed by atoms with E-state index in [0.717, 1.165) is 55.6 Å². The lowest BCUT2D eigenvalue weighted by Crippen LogP contribution is -2.14. The molecule has 10 heteroatoms. The zero-order valence-electron chi connectivity index (χ0n) is 20.7. The Bertz CT molecular complexity index is 1700. The topological polar surface area (TPSA) is 108 Å². The van der Waals surface area contributed by atoms with Crippen LogP contribution in [0.3, 0.4) is 0 Å². The number of rotatable bonds is 6. The van der Waals surface area contributed by atoms with Gasteiger partial charge in [-0.3, -0.25) is 19.9 Å². The van der Waals surface area contributed by atoms with Crippen molar-refractivity contribution in [3.8, 4) is 21.8 Å². The Morgan fingerprint density at radius 2 is 2.05 bits per heavy atom. The summed E-state index contributed by atoms with van der Waals surface area (Å²) in [7, 11) is 0. The molecule has 5 aromatic rings. The molecule has 0 unspecified atom stereocenters. The van der Waals surface area contributed by atoms with Crippen LogP contribution in [0.4, 0.5) is 15.8 Å². The van der Waals surface area contributed by atoms with Gasteiger partial charge in [0.2, 0.25) is 5.91 Å². The molecule has 0 atom stereocenters. The fraction of sp³-hybridized carbons (Fsp3) is 0.179. The van der Waals surface area contributed by atoms with Gasteiger partial charge in [-0.15, -0.1) is 11.3 Å².